The molecule has 0 saturated carbocycles. The number of carboxylic acid groups (broad SMARTS) is 1. The van der Waals surface area contributed by atoms with Gasteiger partial charge in [-0.2, -0.15) is 0 Å². The number of hydrogen-bond donors (Lipinski definition) is 1. The number of benzene rings is 1. The zero-order valence-electron chi connectivity index (χ0n) is 14.1. The molecule has 0 bridgehead atoms. The molecule has 1 amide bonds. The number of ether oxygens (including phenoxy) is 2. The fraction of sp³-hybridized carbons (Fsp3) is 0.500. The topological polar surface area (TPSA) is 110 Å². The maximum Gasteiger partial charge on any atom is 0.326 e. The van der Waals surface area contributed by atoms with Gasteiger partial charge in [-0.3, -0.25) is 4.79 Å². The summed E-state index contributed by atoms with van der Waals surface area (Å²) in [6.45, 7) is 0.339. The van der Waals surface area contributed by atoms with E-state index < -0.39 is 33.5 Å². The first-order valence-electron chi connectivity index (χ1n) is 7.77. The molecular weight excluding hydrogens is 350 g/mol. The summed E-state index contributed by atoms with van der Waals surface area (Å²) in [5.74, 6) is -1.24. The van der Waals surface area contributed by atoms with Crippen LogP contribution >= 0.6 is 0 Å². The van der Waals surface area contributed by atoms with E-state index >= 15 is 0 Å². The van der Waals surface area contributed by atoms with Gasteiger partial charge in [0.05, 0.1) is 24.9 Å². The third-order valence-electron chi connectivity index (χ3n) is 4.16. The molecule has 1 aromatic rings. The van der Waals surface area contributed by atoms with Crippen LogP contribution in [0, 0.1) is 0 Å². The van der Waals surface area contributed by atoms with Crippen molar-refractivity contribution in [1.82, 2.24) is 4.90 Å². The molecule has 0 unspecified atom stereocenters. The summed E-state index contributed by atoms with van der Waals surface area (Å²) in [5.41, 5.74) is 0. The average Bonchev–Trinajstić information content (AvgIpc) is 3.09. The Hall–Kier alpha value is -2.29. The molecular formula is C16H21NO7S. The van der Waals surface area contributed by atoms with E-state index in [1.165, 1.54) is 37.3 Å². The number of carbonyl (C=O) groups is 2. The zero-order chi connectivity index (χ0) is 18.6. The highest BCUT2D eigenvalue weighted by atomic mass is 32.2. The average molecular weight is 371 g/mol. The fourth-order valence-corrected chi connectivity index (χ4v) is 4.06. The summed E-state index contributed by atoms with van der Waals surface area (Å²) in [7, 11) is -0.867. The monoisotopic (exact) mass is 371 g/mol. The molecule has 2 rings (SSSR count). The molecule has 0 aromatic heterocycles. The summed E-state index contributed by atoms with van der Waals surface area (Å²) in [6.07, 6.45) is 0.731. The minimum atomic E-state index is -3.71. The van der Waals surface area contributed by atoms with Crippen LogP contribution in [0.2, 0.25) is 0 Å². The summed E-state index contributed by atoms with van der Waals surface area (Å²) >= 11 is 0. The van der Waals surface area contributed by atoms with Gasteiger partial charge in [-0.05, 0) is 25.0 Å². The van der Waals surface area contributed by atoms with Crippen molar-refractivity contribution < 1.29 is 32.6 Å². The second-order valence-corrected chi connectivity index (χ2v) is 7.78. The second-order valence-electron chi connectivity index (χ2n) is 5.67. The highest BCUT2D eigenvalue weighted by Crippen LogP contribution is 2.30. The molecule has 1 N–H and O–H groups in total. The van der Waals surface area contributed by atoms with Crippen molar-refractivity contribution >= 4 is 21.7 Å². The Kier molecular flexibility index (Phi) is 5.89. The lowest BCUT2D eigenvalue weighted by molar-refractivity contribution is -0.148. The van der Waals surface area contributed by atoms with Crippen molar-refractivity contribution in [2.24, 2.45) is 0 Å². The first kappa shape index (κ1) is 19.0. The van der Waals surface area contributed by atoms with E-state index in [0.29, 0.717) is 25.1 Å². The van der Waals surface area contributed by atoms with E-state index in [1.54, 1.807) is 0 Å². The number of hydrogen-bond acceptors (Lipinski definition) is 6. The van der Waals surface area contributed by atoms with Crippen LogP contribution in [0.4, 0.5) is 0 Å². The van der Waals surface area contributed by atoms with Crippen molar-refractivity contribution in [1.29, 1.82) is 0 Å². The Labute approximate surface area is 146 Å². The van der Waals surface area contributed by atoms with Crippen molar-refractivity contribution in [2.45, 2.75) is 30.2 Å². The lowest BCUT2D eigenvalue weighted by Gasteiger charge is -2.21. The number of methoxy groups -OCH3 is 2. The Balaban J connectivity index is 2.09. The normalized spacial score (nSPS) is 17.4. The molecule has 0 spiro atoms. The molecule has 25 heavy (non-hydrogen) atoms. The van der Waals surface area contributed by atoms with E-state index in [4.69, 9.17) is 14.6 Å². The summed E-state index contributed by atoms with van der Waals surface area (Å²) in [5, 5.41) is 9.11. The van der Waals surface area contributed by atoms with E-state index in [-0.39, 0.29) is 17.1 Å². The number of sulfone groups is 1. The second kappa shape index (κ2) is 7.73. The van der Waals surface area contributed by atoms with Crippen LogP contribution in [0.5, 0.6) is 11.5 Å². The summed E-state index contributed by atoms with van der Waals surface area (Å²) < 4.78 is 35.1. The van der Waals surface area contributed by atoms with Crippen LogP contribution in [0.25, 0.3) is 0 Å². The molecule has 1 heterocycles. The molecule has 1 aromatic carbocycles. The van der Waals surface area contributed by atoms with E-state index in [1.807, 2.05) is 0 Å². The van der Waals surface area contributed by atoms with E-state index in [0.717, 1.165) is 0 Å². The molecule has 1 saturated heterocycles. The Morgan fingerprint density at radius 3 is 2.52 bits per heavy atom. The van der Waals surface area contributed by atoms with Gasteiger partial charge >= 0.3 is 5.97 Å². The highest BCUT2D eigenvalue weighted by molar-refractivity contribution is 7.91. The summed E-state index contributed by atoms with van der Waals surface area (Å²) in [4.78, 5) is 24.6. The van der Waals surface area contributed by atoms with Crippen LogP contribution in [0.15, 0.2) is 23.1 Å². The smallest absolute Gasteiger partial charge is 0.326 e. The Bertz CT molecular complexity index is 760. The largest absolute Gasteiger partial charge is 0.493 e. The molecule has 0 aliphatic carbocycles. The van der Waals surface area contributed by atoms with Crippen LogP contribution in [-0.4, -0.2) is 62.9 Å². The van der Waals surface area contributed by atoms with Gasteiger partial charge in [0.15, 0.2) is 21.3 Å². The van der Waals surface area contributed by atoms with Gasteiger partial charge in [-0.1, -0.05) is 0 Å². The molecule has 8 nitrogen and oxygen atoms in total. The fourth-order valence-electron chi connectivity index (χ4n) is 2.82. The van der Waals surface area contributed by atoms with Crippen LogP contribution in [0.1, 0.15) is 19.3 Å². The Morgan fingerprint density at radius 2 is 1.92 bits per heavy atom. The van der Waals surface area contributed by atoms with Gasteiger partial charge < -0.3 is 19.5 Å². The first-order chi connectivity index (χ1) is 11.8. The number of amides is 1. The minimum absolute atomic E-state index is 0.0224. The highest BCUT2D eigenvalue weighted by Gasteiger charge is 2.34. The van der Waals surface area contributed by atoms with Gasteiger partial charge in [0.25, 0.3) is 0 Å². The van der Waals surface area contributed by atoms with Gasteiger partial charge in [0.1, 0.15) is 6.04 Å². The molecule has 1 aliphatic heterocycles. The number of carboxylic acids is 1. The first-order valence-corrected chi connectivity index (χ1v) is 9.42. The SMILES string of the molecule is COc1ccc(S(=O)(=O)CCC(=O)N2CCC[C@H]2C(=O)O)cc1OC. The minimum Gasteiger partial charge on any atom is -0.493 e. The van der Waals surface area contributed by atoms with Crippen molar-refractivity contribution in [2.75, 3.05) is 26.5 Å². The molecule has 1 aliphatic rings. The number of aliphatic carboxylic acids is 1. The molecule has 9 heteroatoms. The van der Waals surface area contributed by atoms with Crippen LogP contribution in [-0.2, 0) is 19.4 Å². The van der Waals surface area contributed by atoms with Gasteiger partial charge in [0, 0.05) is 19.0 Å². The predicted octanol–water partition coefficient (Wildman–Crippen LogP) is 0.943. The number of rotatable bonds is 7. The third kappa shape index (κ3) is 4.22. The lowest BCUT2D eigenvalue weighted by atomic mass is 10.2. The lowest BCUT2D eigenvalue weighted by Crippen LogP contribution is -2.40. The maximum absolute atomic E-state index is 12.5. The molecule has 0 radical (unpaired) electrons. The van der Waals surface area contributed by atoms with Gasteiger partial charge in [-0.25, -0.2) is 13.2 Å². The van der Waals surface area contributed by atoms with E-state index in [9.17, 15) is 18.0 Å². The molecule has 138 valence electrons. The molecule has 1 fully saturated rings. The quantitative estimate of drug-likeness (QED) is 0.759. The van der Waals surface area contributed by atoms with Crippen LogP contribution in [0.3, 0.4) is 0 Å². The number of carbonyl (C=O) groups excluding carboxylic acids is 1. The van der Waals surface area contributed by atoms with E-state index in [2.05, 4.69) is 0 Å². The number of nitrogens with zero attached hydrogens (tertiary/aromatic N) is 1. The van der Waals surface area contributed by atoms with Gasteiger partial charge in [-0.15, -0.1) is 0 Å². The number of likely N-dealkylation sites (tertiary alicyclic amines) is 1. The van der Waals surface area contributed by atoms with Crippen LogP contribution < -0.4 is 9.47 Å². The zero-order valence-corrected chi connectivity index (χ0v) is 14.9. The van der Waals surface area contributed by atoms with Gasteiger partial charge in [0.2, 0.25) is 5.91 Å². The molecule has 1 atom stereocenters. The standard InChI is InChI=1S/C16H21NO7S/c1-23-13-6-5-11(10-14(13)24-2)25(21,22)9-7-15(18)17-8-3-4-12(17)16(19)20/h5-6,10,12H,3-4,7-9H2,1-2H3,(H,19,20)/t12-/m0/s1. The van der Waals surface area contributed by atoms with Crippen molar-refractivity contribution in [3.05, 3.63) is 18.2 Å². The van der Waals surface area contributed by atoms with Crippen molar-refractivity contribution in [3.8, 4) is 11.5 Å². The predicted molar refractivity (Wildman–Crippen MR) is 88.6 cm³/mol. The summed E-state index contributed by atoms with van der Waals surface area (Å²) in [6, 6.07) is 3.34. The maximum atomic E-state index is 12.5. The van der Waals surface area contributed by atoms with Crippen molar-refractivity contribution in [3.63, 3.8) is 0 Å². The third-order valence-corrected chi connectivity index (χ3v) is 5.87. The Morgan fingerprint density at radius 1 is 1.24 bits per heavy atom.